The molecular weight excluding hydrogens is 323 g/mol. The molecule has 0 radical (unpaired) electrons. The highest BCUT2D eigenvalue weighted by Crippen LogP contribution is 2.22. The number of halogens is 1. The van der Waals surface area contributed by atoms with Crippen LogP contribution < -0.4 is 5.32 Å². The maximum absolute atomic E-state index is 13.2. The van der Waals surface area contributed by atoms with Crippen LogP contribution in [-0.2, 0) is 11.8 Å². The lowest BCUT2D eigenvalue weighted by atomic mass is 10.1. The molecule has 7 heteroatoms. The highest BCUT2D eigenvalue weighted by Gasteiger charge is 2.14. The largest absolute Gasteiger partial charge is 0.388 e. The van der Waals surface area contributed by atoms with Crippen LogP contribution in [0.4, 0.5) is 10.1 Å². The van der Waals surface area contributed by atoms with Crippen molar-refractivity contribution < 1.29 is 14.3 Å². The second-order valence-electron chi connectivity index (χ2n) is 5.67. The predicted molar refractivity (Wildman–Crippen MR) is 91.0 cm³/mol. The molecule has 2 aromatic carbocycles. The molecule has 6 nitrogen and oxygen atoms in total. The molecule has 0 saturated heterocycles. The fourth-order valence-corrected chi connectivity index (χ4v) is 2.50. The minimum atomic E-state index is -1.07. The molecule has 1 unspecified atom stereocenters. The number of anilines is 1. The molecule has 0 aliphatic carbocycles. The van der Waals surface area contributed by atoms with E-state index in [0.29, 0.717) is 17.1 Å². The van der Waals surface area contributed by atoms with Gasteiger partial charge in [0.1, 0.15) is 12.1 Å². The van der Waals surface area contributed by atoms with Crippen molar-refractivity contribution in [3.05, 3.63) is 66.2 Å². The van der Waals surface area contributed by atoms with Gasteiger partial charge in [0.15, 0.2) is 5.82 Å². The Labute approximate surface area is 144 Å². The van der Waals surface area contributed by atoms with Gasteiger partial charge in [-0.15, -0.1) is 10.2 Å². The van der Waals surface area contributed by atoms with E-state index in [2.05, 4.69) is 15.5 Å². The molecule has 0 aliphatic heterocycles. The minimum Gasteiger partial charge on any atom is -0.388 e. The zero-order valence-electron chi connectivity index (χ0n) is 13.6. The van der Waals surface area contributed by atoms with E-state index in [1.807, 2.05) is 13.1 Å². The van der Waals surface area contributed by atoms with Gasteiger partial charge in [0, 0.05) is 18.3 Å². The lowest BCUT2D eigenvalue weighted by molar-refractivity contribution is -0.118. The molecule has 25 heavy (non-hydrogen) atoms. The van der Waals surface area contributed by atoms with E-state index in [1.165, 1.54) is 18.2 Å². The van der Waals surface area contributed by atoms with E-state index in [0.717, 1.165) is 5.56 Å². The Kier molecular flexibility index (Phi) is 4.85. The van der Waals surface area contributed by atoms with Crippen LogP contribution in [0.15, 0.2) is 54.9 Å². The quantitative estimate of drug-likeness (QED) is 0.748. The highest BCUT2D eigenvalue weighted by molar-refractivity contribution is 5.91. The van der Waals surface area contributed by atoms with Crippen LogP contribution in [0.2, 0.25) is 0 Å². The van der Waals surface area contributed by atoms with E-state index >= 15 is 0 Å². The number of amides is 1. The number of nitrogens with one attached hydrogen (secondary N) is 1. The van der Waals surface area contributed by atoms with Crippen LogP contribution in [-0.4, -0.2) is 25.8 Å². The van der Waals surface area contributed by atoms with E-state index in [4.69, 9.17) is 0 Å². The van der Waals surface area contributed by atoms with Gasteiger partial charge in [-0.3, -0.25) is 4.79 Å². The minimum absolute atomic E-state index is 0.169. The Morgan fingerprint density at radius 1 is 1.28 bits per heavy atom. The van der Waals surface area contributed by atoms with Crippen molar-refractivity contribution in [3.63, 3.8) is 0 Å². The molecule has 3 aromatic rings. The van der Waals surface area contributed by atoms with Gasteiger partial charge >= 0.3 is 0 Å². The van der Waals surface area contributed by atoms with Gasteiger partial charge in [-0.2, -0.15) is 0 Å². The second kappa shape index (κ2) is 7.23. The molecule has 1 amide bonds. The third kappa shape index (κ3) is 4.07. The SMILES string of the molecule is Cn1cnnc1-c1cccc(NC(=O)CC(O)c2cccc(F)c2)c1. The number of aryl methyl sites for hydroxylation is 1. The molecule has 0 bridgehead atoms. The number of aliphatic hydroxyl groups is 1. The fourth-order valence-electron chi connectivity index (χ4n) is 2.50. The molecule has 1 atom stereocenters. The van der Waals surface area contributed by atoms with Gasteiger partial charge in [0.25, 0.3) is 0 Å². The number of hydrogen-bond donors (Lipinski definition) is 2. The molecule has 0 saturated carbocycles. The van der Waals surface area contributed by atoms with Crippen LogP contribution in [0, 0.1) is 5.82 Å². The van der Waals surface area contributed by atoms with Crippen LogP contribution >= 0.6 is 0 Å². The van der Waals surface area contributed by atoms with Crippen molar-refractivity contribution in [2.45, 2.75) is 12.5 Å². The third-order valence-corrected chi connectivity index (χ3v) is 3.73. The number of benzene rings is 2. The molecule has 2 N–H and O–H groups in total. The summed E-state index contributed by atoms with van der Waals surface area (Å²) < 4.78 is 15.0. The second-order valence-corrected chi connectivity index (χ2v) is 5.67. The van der Waals surface area contributed by atoms with E-state index in [-0.39, 0.29) is 12.3 Å². The fraction of sp³-hybridized carbons (Fsp3) is 0.167. The molecule has 0 spiro atoms. The van der Waals surface area contributed by atoms with Crippen LogP contribution in [0.25, 0.3) is 11.4 Å². The first-order valence-electron chi connectivity index (χ1n) is 7.71. The maximum Gasteiger partial charge on any atom is 0.227 e. The average Bonchev–Trinajstić information content (AvgIpc) is 3.01. The summed E-state index contributed by atoms with van der Waals surface area (Å²) in [5.74, 6) is -0.142. The smallest absolute Gasteiger partial charge is 0.227 e. The summed E-state index contributed by atoms with van der Waals surface area (Å²) >= 11 is 0. The molecule has 128 valence electrons. The van der Waals surface area contributed by atoms with E-state index in [9.17, 15) is 14.3 Å². The van der Waals surface area contributed by atoms with Crippen molar-refractivity contribution in [1.82, 2.24) is 14.8 Å². The van der Waals surface area contributed by atoms with Crippen molar-refractivity contribution >= 4 is 11.6 Å². The number of aliphatic hydroxyl groups excluding tert-OH is 1. The average molecular weight is 340 g/mol. The molecule has 1 aromatic heterocycles. The summed E-state index contributed by atoms with van der Waals surface area (Å²) in [6.45, 7) is 0. The molecule has 0 aliphatic rings. The van der Waals surface area contributed by atoms with Gasteiger partial charge in [-0.1, -0.05) is 24.3 Å². The van der Waals surface area contributed by atoms with Gasteiger partial charge in [0.05, 0.1) is 12.5 Å². The maximum atomic E-state index is 13.2. The Bertz CT molecular complexity index is 894. The number of nitrogens with zero attached hydrogens (tertiary/aromatic N) is 3. The normalized spacial score (nSPS) is 12.0. The third-order valence-electron chi connectivity index (χ3n) is 3.73. The molecular formula is C18H17FN4O2. The molecule has 3 rings (SSSR count). The lowest BCUT2D eigenvalue weighted by Gasteiger charge is -2.12. The van der Waals surface area contributed by atoms with E-state index < -0.39 is 11.9 Å². The summed E-state index contributed by atoms with van der Waals surface area (Å²) in [5, 5.41) is 20.7. The first kappa shape index (κ1) is 16.8. The van der Waals surface area contributed by atoms with Gasteiger partial charge in [-0.25, -0.2) is 4.39 Å². The molecule has 0 fully saturated rings. The van der Waals surface area contributed by atoms with E-state index in [1.54, 1.807) is 35.2 Å². The van der Waals surface area contributed by atoms with Crippen molar-refractivity contribution in [2.75, 3.05) is 5.32 Å². The van der Waals surface area contributed by atoms with Gasteiger partial charge in [0.2, 0.25) is 5.91 Å². The number of carbonyl (C=O) groups excluding carboxylic acids is 1. The van der Waals surface area contributed by atoms with Crippen molar-refractivity contribution in [3.8, 4) is 11.4 Å². The zero-order chi connectivity index (χ0) is 17.8. The van der Waals surface area contributed by atoms with Crippen molar-refractivity contribution in [2.24, 2.45) is 7.05 Å². The van der Waals surface area contributed by atoms with Crippen LogP contribution in [0.1, 0.15) is 18.1 Å². The van der Waals surface area contributed by atoms with Gasteiger partial charge in [-0.05, 0) is 29.8 Å². The summed E-state index contributed by atoms with van der Waals surface area (Å²) in [5.41, 5.74) is 1.75. The first-order valence-corrected chi connectivity index (χ1v) is 7.71. The topological polar surface area (TPSA) is 80.0 Å². The number of aromatic nitrogens is 3. The number of hydrogen-bond acceptors (Lipinski definition) is 4. The Balaban J connectivity index is 1.68. The summed E-state index contributed by atoms with van der Waals surface area (Å²) in [6, 6.07) is 12.7. The zero-order valence-corrected chi connectivity index (χ0v) is 13.6. The highest BCUT2D eigenvalue weighted by atomic mass is 19.1. The Hall–Kier alpha value is -3.06. The van der Waals surface area contributed by atoms with Crippen LogP contribution in [0.5, 0.6) is 0 Å². The van der Waals surface area contributed by atoms with Crippen LogP contribution in [0.3, 0.4) is 0 Å². The number of carbonyl (C=O) groups is 1. The summed E-state index contributed by atoms with van der Waals surface area (Å²) in [4.78, 5) is 12.1. The van der Waals surface area contributed by atoms with Gasteiger partial charge < -0.3 is 15.0 Å². The monoisotopic (exact) mass is 340 g/mol. The standard InChI is InChI=1S/C18H17FN4O2/c1-23-11-20-22-18(23)13-5-3-7-15(9-13)21-17(25)10-16(24)12-4-2-6-14(19)8-12/h2-9,11,16,24H,10H2,1H3,(H,21,25). The molecule has 1 heterocycles. The predicted octanol–water partition coefficient (Wildman–Crippen LogP) is 2.68. The Morgan fingerprint density at radius 2 is 2.08 bits per heavy atom. The summed E-state index contributed by atoms with van der Waals surface area (Å²) in [6.07, 6.45) is 0.353. The Morgan fingerprint density at radius 3 is 2.80 bits per heavy atom. The lowest BCUT2D eigenvalue weighted by Crippen LogP contribution is -2.15. The first-order chi connectivity index (χ1) is 12.0. The summed E-state index contributed by atoms with van der Waals surface area (Å²) in [7, 11) is 1.83. The number of rotatable bonds is 5. The van der Waals surface area contributed by atoms with Crippen molar-refractivity contribution in [1.29, 1.82) is 0 Å².